The summed E-state index contributed by atoms with van der Waals surface area (Å²) in [5.74, 6) is 0. The van der Waals surface area contributed by atoms with E-state index in [1.807, 2.05) is 38.4 Å². The van der Waals surface area contributed by atoms with Crippen molar-refractivity contribution in [3.05, 3.63) is 35.1 Å². The Balaban J connectivity index is 2.02. The van der Waals surface area contributed by atoms with Crippen molar-refractivity contribution in [2.45, 2.75) is 42.0 Å². The van der Waals surface area contributed by atoms with Crippen LogP contribution in [0, 0.1) is 6.92 Å². The standard InChI is InChI=1S/C13H16N2OS2/c1-3-10(16)7-12-8-15-13(18-12)17-11-4-5-14-9(2)6-11/h4-6,8,10,16H,3,7H2,1-2H3. The van der Waals surface area contributed by atoms with E-state index in [4.69, 9.17) is 0 Å². The quantitative estimate of drug-likeness (QED) is 0.912. The number of hydrogen-bond acceptors (Lipinski definition) is 5. The van der Waals surface area contributed by atoms with Gasteiger partial charge in [-0.25, -0.2) is 4.98 Å². The second kappa shape index (κ2) is 6.31. The van der Waals surface area contributed by atoms with E-state index in [9.17, 15) is 5.11 Å². The lowest BCUT2D eigenvalue weighted by Crippen LogP contribution is -2.06. The summed E-state index contributed by atoms with van der Waals surface area (Å²) in [7, 11) is 0. The minimum Gasteiger partial charge on any atom is -0.393 e. The smallest absolute Gasteiger partial charge is 0.154 e. The molecule has 1 N–H and O–H groups in total. The highest BCUT2D eigenvalue weighted by Gasteiger charge is 2.08. The predicted molar refractivity (Wildman–Crippen MR) is 75.2 cm³/mol. The van der Waals surface area contributed by atoms with Crippen LogP contribution < -0.4 is 0 Å². The van der Waals surface area contributed by atoms with Gasteiger partial charge in [-0.05, 0) is 25.5 Å². The van der Waals surface area contributed by atoms with E-state index in [-0.39, 0.29) is 6.10 Å². The number of aliphatic hydroxyl groups excluding tert-OH is 1. The summed E-state index contributed by atoms with van der Waals surface area (Å²) >= 11 is 3.29. The molecule has 96 valence electrons. The summed E-state index contributed by atoms with van der Waals surface area (Å²) in [6.07, 6.45) is 4.90. The second-order valence-corrected chi connectivity index (χ2v) is 6.53. The summed E-state index contributed by atoms with van der Waals surface area (Å²) < 4.78 is 1.01. The Morgan fingerprint density at radius 2 is 2.28 bits per heavy atom. The number of nitrogens with zero attached hydrogens (tertiary/aromatic N) is 2. The molecule has 0 radical (unpaired) electrons. The van der Waals surface area contributed by atoms with E-state index in [0.29, 0.717) is 6.42 Å². The molecular formula is C13H16N2OS2. The van der Waals surface area contributed by atoms with Gasteiger partial charge in [-0.1, -0.05) is 18.7 Å². The van der Waals surface area contributed by atoms with Crippen LogP contribution in [0.1, 0.15) is 23.9 Å². The Morgan fingerprint density at radius 1 is 1.44 bits per heavy atom. The number of hydrogen-bond donors (Lipinski definition) is 1. The average Bonchev–Trinajstić information content (AvgIpc) is 2.76. The molecule has 5 heteroatoms. The molecule has 2 aromatic rings. The van der Waals surface area contributed by atoms with Crippen LogP contribution in [0.25, 0.3) is 0 Å². The van der Waals surface area contributed by atoms with Crippen LogP contribution in [0.3, 0.4) is 0 Å². The molecule has 1 unspecified atom stereocenters. The fourth-order valence-corrected chi connectivity index (χ4v) is 3.64. The zero-order valence-electron chi connectivity index (χ0n) is 10.5. The fraction of sp³-hybridized carbons (Fsp3) is 0.385. The lowest BCUT2D eigenvalue weighted by Gasteiger charge is -2.03. The van der Waals surface area contributed by atoms with Gasteiger partial charge in [0.05, 0.1) is 6.10 Å². The van der Waals surface area contributed by atoms with Gasteiger partial charge < -0.3 is 5.11 Å². The van der Waals surface area contributed by atoms with Crippen LogP contribution in [0.5, 0.6) is 0 Å². The molecule has 0 fully saturated rings. The third-order valence-corrected chi connectivity index (χ3v) is 4.60. The van der Waals surface area contributed by atoms with Gasteiger partial charge >= 0.3 is 0 Å². The van der Waals surface area contributed by atoms with Crippen molar-refractivity contribution in [2.75, 3.05) is 0 Å². The van der Waals surface area contributed by atoms with Gasteiger partial charge in [0.2, 0.25) is 0 Å². The lowest BCUT2D eigenvalue weighted by molar-refractivity contribution is 0.171. The van der Waals surface area contributed by atoms with Crippen LogP contribution in [0.15, 0.2) is 33.8 Å². The zero-order chi connectivity index (χ0) is 13.0. The maximum absolute atomic E-state index is 9.61. The number of thiazole rings is 1. The lowest BCUT2D eigenvalue weighted by atomic mass is 10.2. The van der Waals surface area contributed by atoms with E-state index in [2.05, 4.69) is 9.97 Å². The molecule has 2 rings (SSSR count). The molecule has 3 nitrogen and oxygen atoms in total. The first-order chi connectivity index (χ1) is 8.67. The normalized spacial score (nSPS) is 12.6. The van der Waals surface area contributed by atoms with E-state index >= 15 is 0 Å². The molecule has 0 amide bonds. The SMILES string of the molecule is CCC(O)Cc1cnc(Sc2ccnc(C)c2)s1. The fourth-order valence-electron chi connectivity index (χ4n) is 1.49. The van der Waals surface area contributed by atoms with E-state index < -0.39 is 0 Å². The first-order valence-electron chi connectivity index (χ1n) is 5.90. The van der Waals surface area contributed by atoms with Gasteiger partial charge in [0.25, 0.3) is 0 Å². The number of aliphatic hydroxyl groups is 1. The minimum absolute atomic E-state index is 0.258. The van der Waals surface area contributed by atoms with Gasteiger partial charge in [-0.3, -0.25) is 4.98 Å². The van der Waals surface area contributed by atoms with Crippen LogP contribution in [-0.4, -0.2) is 21.2 Å². The van der Waals surface area contributed by atoms with Crippen molar-refractivity contribution in [2.24, 2.45) is 0 Å². The zero-order valence-corrected chi connectivity index (χ0v) is 12.1. The van der Waals surface area contributed by atoms with Gasteiger partial charge in [0.15, 0.2) is 4.34 Å². The molecule has 0 aliphatic rings. The highest BCUT2D eigenvalue weighted by atomic mass is 32.2. The Kier molecular flexibility index (Phi) is 4.74. The monoisotopic (exact) mass is 280 g/mol. The maximum atomic E-state index is 9.61. The summed E-state index contributed by atoms with van der Waals surface area (Å²) in [4.78, 5) is 10.8. The van der Waals surface area contributed by atoms with Crippen LogP contribution in [-0.2, 0) is 6.42 Å². The number of aryl methyl sites for hydroxylation is 1. The van der Waals surface area contributed by atoms with Crippen molar-refractivity contribution >= 4 is 23.1 Å². The van der Waals surface area contributed by atoms with Crippen molar-refractivity contribution in [3.63, 3.8) is 0 Å². The highest BCUT2D eigenvalue weighted by molar-refractivity contribution is 8.01. The largest absolute Gasteiger partial charge is 0.393 e. The molecule has 18 heavy (non-hydrogen) atoms. The van der Waals surface area contributed by atoms with Gasteiger partial charge in [0.1, 0.15) is 0 Å². The maximum Gasteiger partial charge on any atom is 0.154 e. The molecule has 2 aromatic heterocycles. The van der Waals surface area contributed by atoms with Gasteiger partial charge in [-0.2, -0.15) is 0 Å². The molecule has 0 saturated carbocycles. The van der Waals surface area contributed by atoms with Crippen molar-refractivity contribution in [1.82, 2.24) is 9.97 Å². The molecule has 0 bridgehead atoms. The third kappa shape index (κ3) is 3.80. The summed E-state index contributed by atoms with van der Waals surface area (Å²) in [6, 6.07) is 4.03. The van der Waals surface area contributed by atoms with Crippen LogP contribution >= 0.6 is 23.1 Å². The van der Waals surface area contributed by atoms with Gasteiger partial charge in [-0.15, -0.1) is 11.3 Å². The third-order valence-electron chi connectivity index (χ3n) is 2.51. The molecule has 0 aliphatic carbocycles. The average molecular weight is 280 g/mol. The minimum atomic E-state index is -0.258. The second-order valence-electron chi connectivity index (χ2n) is 4.09. The molecule has 0 aliphatic heterocycles. The van der Waals surface area contributed by atoms with E-state index in [0.717, 1.165) is 26.2 Å². The Morgan fingerprint density at radius 3 is 3.00 bits per heavy atom. The Bertz CT molecular complexity index is 513. The number of rotatable bonds is 5. The molecule has 0 saturated heterocycles. The molecular weight excluding hydrogens is 264 g/mol. The highest BCUT2D eigenvalue weighted by Crippen LogP contribution is 2.31. The Labute approximate surface area is 115 Å². The molecule has 0 aromatic carbocycles. The molecule has 1 atom stereocenters. The Hall–Kier alpha value is -0.910. The number of aromatic nitrogens is 2. The van der Waals surface area contributed by atoms with E-state index in [1.54, 1.807) is 23.1 Å². The topological polar surface area (TPSA) is 46.0 Å². The van der Waals surface area contributed by atoms with Crippen molar-refractivity contribution in [3.8, 4) is 0 Å². The van der Waals surface area contributed by atoms with Crippen molar-refractivity contribution < 1.29 is 5.11 Å². The van der Waals surface area contributed by atoms with Gasteiger partial charge in [0, 0.05) is 34.3 Å². The van der Waals surface area contributed by atoms with Crippen LogP contribution in [0.2, 0.25) is 0 Å². The summed E-state index contributed by atoms with van der Waals surface area (Å²) in [5, 5.41) is 9.61. The number of pyridine rings is 1. The molecule has 0 spiro atoms. The van der Waals surface area contributed by atoms with E-state index in [1.165, 1.54) is 0 Å². The summed E-state index contributed by atoms with van der Waals surface area (Å²) in [6.45, 7) is 3.97. The van der Waals surface area contributed by atoms with Crippen molar-refractivity contribution in [1.29, 1.82) is 0 Å². The first kappa shape index (κ1) is 13.5. The first-order valence-corrected chi connectivity index (χ1v) is 7.54. The molecule has 2 heterocycles. The van der Waals surface area contributed by atoms with Crippen LogP contribution in [0.4, 0.5) is 0 Å². The summed E-state index contributed by atoms with van der Waals surface area (Å²) in [5.41, 5.74) is 1.01. The predicted octanol–water partition coefficient (Wildman–Crippen LogP) is 3.31.